The minimum atomic E-state index is -0.252. The van der Waals surface area contributed by atoms with Crippen LogP contribution in [0.15, 0.2) is 40.9 Å². The smallest absolute Gasteiger partial charge is 0.200 e. The van der Waals surface area contributed by atoms with E-state index in [4.69, 9.17) is 22.1 Å². The average molecular weight is 355 g/mol. The Hall–Kier alpha value is -1.52. The minimum Gasteiger partial charge on any atom is -0.493 e. The van der Waals surface area contributed by atoms with Crippen LogP contribution in [-0.4, -0.2) is 12.4 Å². The first-order valence-corrected chi connectivity index (χ1v) is 7.22. The van der Waals surface area contributed by atoms with E-state index in [1.54, 1.807) is 30.3 Å². The molecule has 3 nitrogen and oxygen atoms in total. The SMILES string of the molecule is CCOc1ccc(Br)cc1C(=O)c1c(N)cccc1Cl. The van der Waals surface area contributed by atoms with Crippen molar-refractivity contribution in [3.63, 3.8) is 0 Å². The number of benzene rings is 2. The summed E-state index contributed by atoms with van der Waals surface area (Å²) in [5.41, 5.74) is 6.95. The molecule has 2 N–H and O–H groups in total. The molecule has 0 fully saturated rings. The van der Waals surface area contributed by atoms with Gasteiger partial charge in [0.25, 0.3) is 0 Å². The number of anilines is 1. The van der Waals surface area contributed by atoms with Crippen LogP contribution in [0.1, 0.15) is 22.8 Å². The molecule has 0 bridgehead atoms. The fourth-order valence-electron chi connectivity index (χ4n) is 1.88. The van der Waals surface area contributed by atoms with E-state index in [1.165, 1.54) is 0 Å². The zero-order chi connectivity index (χ0) is 14.7. The maximum atomic E-state index is 12.7. The van der Waals surface area contributed by atoms with Crippen LogP contribution in [0.4, 0.5) is 5.69 Å². The lowest BCUT2D eigenvalue weighted by Gasteiger charge is -2.12. The molecule has 0 aromatic heterocycles. The Morgan fingerprint density at radius 2 is 2.10 bits per heavy atom. The largest absolute Gasteiger partial charge is 0.493 e. The van der Waals surface area contributed by atoms with Gasteiger partial charge in [0.15, 0.2) is 5.78 Å². The number of nitrogens with two attached hydrogens (primary N) is 1. The lowest BCUT2D eigenvalue weighted by Crippen LogP contribution is -2.09. The number of carbonyl (C=O) groups excluding carboxylic acids is 1. The van der Waals surface area contributed by atoms with Gasteiger partial charge in [0.05, 0.1) is 22.8 Å². The lowest BCUT2D eigenvalue weighted by atomic mass is 10.0. The quantitative estimate of drug-likeness (QED) is 0.657. The Morgan fingerprint density at radius 3 is 2.75 bits per heavy atom. The molecule has 0 aliphatic carbocycles. The predicted molar refractivity (Wildman–Crippen MR) is 84.6 cm³/mol. The van der Waals surface area contributed by atoms with Gasteiger partial charge in [-0.2, -0.15) is 0 Å². The third-order valence-corrected chi connectivity index (χ3v) is 3.57. The molecule has 0 saturated carbocycles. The Labute approximate surface area is 130 Å². The van der Waals surface area contributed by atoms with E-state index in [1.807, 2.05) is 13.0 Å². The van der Waals surface area contributed by atoms with Gasteiger partial charge in [-0.05, 0) is 37.3 Å². The zero-order valence-corrected chi connectivity index (χ0v) is 13.2. The Bertz CT molecular complexity index is 638. The summed E-state index contributed by atoms with van der Waals surface area (Å²) in [6.45, 7) is 2.33. The highest BCUT2D eigenvalue weighted by molar-refractivity contribution is 9.10. The zero-order valence-electron chi connectivity index (χ0n) is 10.8. The van der Waals surface area contributed by atoms with Crippen molar-refractivity contribution >= 4 is 39.0 Å². The number of hydrogen-bond acceptors (Lipinski definition) is 3. The van der Waals surface area contributed by atoms with Crippen molar-refractivity contribution in [2.45, 2.75) is 6.92 Å². The van der Waals surface area contributed by atoms with Crippen LogP contribution in [0.25, 0.3) is 0 Å². The van der Waals surface area contributed by atoms with E-state index in [-0.39, 0.29) is 5.78 Å². The van der Waals surface area contributed by atoms with Gasteiger partial charge in [0.1, 0.15) is 5.75 Å². The molecule has 0 spiro atoms. The van der Waals surface area contributed by atoms with Crippen molar-refractivity contribution in [2.24, 2.45) is 0 Å². The first-order chi connectivity index (χ1) is 9.54. The summed E-state index contributed by atoms with van der Waals surface area (Å²) in [7, 11) is 0. The van der Waals surface area contributed by atoms with Crippen LogP contribution in [0, 0.1) is 0 Å². The topological polar surface area (TPSA) is 52.3 Å². The van der Waals surface area contributed by atoms with Gasteiger partial charge in [0, 0.05) is 10.2 Å². The van der Waals surface area contributed by atoms with Crippen LogP contribution in [-0.2, 0) is 0 Å². The molecule has 2 rings (SSSR count). The first-order valence-electron chi connectivity index (χ1n) is 6.05. The maximum absolute atomic E-state index is 12.7. The molecule has 0 saturated heterocycles. The second kappa shape index (κ2) is 6.29. The first kappa shape index (κ1) is 14.9. The van der Waals surface area contributed by atoms with E-state index < -0.39 is 0 Å². The number of rotatable bonds is 4. The maximum Gasteiger partial charge on any atom is 0.200 e. The van der Waals surface area contributed by atoms with Crippen molar-refractivity contribution in [1.82, 2.24) is 0 Å². The average Bonchev–Trinajstić information content (AvgIpc) is 2.40. The van der Waals surface area contributed by atoms with E-state index in [9.17, 15) is 4.79 Å². The normalized spacial score (nSPS) is 10.3. The summed E-state index contributed by atoms with van der Waals surface area (Å²) >= 11 is 9.44. The van der Waals surface area contributed by atoms with Crippen LogP contribution >= 0.6 is 27.5 Å². The van der Waals surface area contributed by atoms with E-state index in [2.05, 4.69) is 15.9 Å². The summed E-state index contributed by atoms with van der Waals surface area (Å²) in [5, 5.41) is 0.331. The fourth-order valence-corrected chi connectivity index (χ4v) is 2.50. The van der Waals surface area contributed by atoms with Crippen LogP contribution in [0.3, 0.4) is 0 Å². The summed E-state index contributed by atoms with van der Waals surface area (Å²) in [5.74, 6) is 0.262. The van der Waals surface area contributed by atoms with Crippen molar-refractivity contribution in [3.05, 3.63) is 57.0 Å². The van der Waals surface area contributed by atoms with E-state index in [0.717, 1.165) is 4.47 Å². The molecular weight excluding hydrogens is 342 g/mol. The van der Waals surface area contributed by atoms with Gasteiger partial charge in [-0.1, -0.05) is 33.6 Å². The molecule has 104 valence electrons. The molecule has 0 amide bonds. The predicted octanol–water partition coefficient (Wildman–Crippen LogP) is 4.31. The Kier molecular flexibility index (Phi) is 4.68. The molecule has 0 heterocycles. The number of halogens is 2. The molecule has 5 heteroatoms. The van der Waals surface area contributed by atoms with Crippen LogP contribution in [0.2, 0.25) is 5.02 Å². The standard InChI is InChI=1S/C15H13BrClNO2/c1-2-20-13-7-6-9(16)8-10(13)15(19)14-11(17)4-3-5-12(14)18/h3-8H,2,18H2,1H3. The number of carbonyl (C=O) groups is 1. The molecule has 20 heavy (non-hydrogen) atoms. The Morgan fingerprint density at radius 1 is 1.35 bits per heavy atom. The number of ether oxygens (including phenoxy) is 1. The molecule has 0 unspecified atom stereocenters. The molecule has 0 radical (unpaired) electrons. The second-order valence-corrected chi connectivity index (χ2v) is 5.43. The van der Waals surface area contributed by atoms with Gasteiger partial charge in [-0.15, -0.1) is 0 Å². The van der Waals surface area contributed by atoms with Crippen molar-refractivity contribution in [3.8, 4) is 5.75 Å². The minimum absolute atomic E-state index is 0.252. The van der Waals surface area contributed by atoms with Gasteiger partial charge in [-0.3, -0.25) is 4.79 Å². The monoisotopic (exact) mass is 353 g/mol. The van der Waals surface area contributed by atoms with E-state index in [0.29, 0.717) is 34.2 Å². The lowest BCUT2D eigenvalue weighted by molar-refractivity contribution is 0.103. The van der Waals surface area contributed by atoms with Gasteiger partial charge in [-0.25, -0.2) is 0 Å². The molecule has 2 aromatic carbocycles. The molecule has 0 atom stereocenters. The highest BCUT2D eigenvalue weighted by Gasteiger charge is 2.20. The number of nitrogen functional groups attached to an aromatic ring is 1. The summed E-state index contributed by atoms with van der Waals surface area (Å²) < 4.78 is 6.28. The van der Waals surface area contributed by atoms with Crippen LogP contribution in [0.5, 0.6) is 5.75 Å². The third kappa shape index (κ3) is 2.97. The summed E-state index contributed by atoms with van der Waals surface area (Å²) in [6.07, 6.45) is 0. The highest BCUT2D eigenvalue weighted by Crippen LogP contribution is 2.30. The number of ketones is 1. The van der Waals surface area contributed by atoms with Crippen molar-refractivity contribution in [1.29, 1.82) is 0 Å². The van der Waals surface area contributed by atoms with Crippen LogP contribution < -0.4 is 10.5 Å². The fraction of sp³-hybridized carbons (Fsp3) is 0.133. The Balaban J connectivity index is 2.56. The van der Waals surface area contributed by atoms with Gasteiger partial charge < -0.3 is 10.5 Å². The van der Waals surface area contributed by atoms with Crippen molar-refractivity contribution in [2.75, 3.05) is 12.3 Å². The molecule has 0 aliphatic heterocycles. The summed E-state index contributed by atoms with van der Waals surface area (Å²) in [6, 6.07) is 10.3. The van der Waals surface area contributed by atoms with Gasteiger partial charge >= 0.3 is 0 Å². The summed E-state index contributed by atoms with van der Waals surface area (Å²) in [4.78, 5) is 12.7. The van der Waals surface area contributed by atoms with Gasteiger partial charge in [0.2, 0.25) is 0 Å². The van der Waals surface area contributed by atoms with Crippen molar-refractivity contribution < 1.29 is 9.53 Å². The number of hydrogen-bond donors (Lipinski definition) is 1. The highest BCUT2D eigenvalue weighted by atomic mass is 79.9. The molecular formula is C15H13BrClNO2. The molecule has 0 aliphatic rings. The third-order valence-electron chi connectivity index (χ3n) is 2.76. The molecule has 2 aromatic rings. The second-order valence-electron chi connectivity index (χ2n) is 4.11. The van der Waals surface area contributed by atoms with E-state index >= 15 is 0 Å².